The average molecular weight is 257 g/mol. The summed E-state index contributed by atoms with van der Waals surface area (Å²) in [6.45, 7) is 3.10. The monoisotopic (exact) mass is 257 g/mol. The molecule has 0 bridgehead atoms. The van der Waals surface area contributed by atoms with E-state index in [0.29, 0.717) is 6.54 Å². The Balaban J connectivity index is 2.55. The van der Waals surface area contributed by atoms with Crippen LogP contribution >= 0.6 is 0 Å². The average Bonchev–Trinajstić information content (AvgIpc) is 2.30. The van der Waals surface area contributed by atoms with E-state index in [0.717, 1.165) is 13.0 Å². The van der Waals surface area contributed by atoms with Crippen LogP contribution in [0.15, 0.2) is 35.2 Å². The first-order valence-electron chi connectivity index (χ1n) is 5.73. The molecule has 1 aromatic carbocycles. The predicted octanol–water partition coefficient (Wildman–Crippen LogP) is 0.821. The van der Waals surface area contributed by atoms with Gasteiger partial charge >= 0.3 is 0 Å². The molecule has 0 aliphatic heterocycles. The molecule has 1 rings (SSSR count). The molecule has 0 aromatic heterocycles. The SMILES string of the molecule is CCCNC[C@@H](O)CS(=O)(=O)c1ccccc1. The van der Waals surface area contributed by atoms with E-state index in [-0.39, 0.29) is 10.6 Å². The maximum atomic E-state index is 11.9. The van der Waals surface area contributed by atoms with Gasteiger partial charge in [-0.1, -0.05) is 25.1 Å². The molecular formula is C12H19NO3S. The maximum Gasteiger partial charge on any atom is 0.180 e. The summed E-state index contributed by atoms with van der Waals surface area (Å²) in [6, 6.07) is 8.20. The Bertz CT molecular complexity index is 417. The number of benzene rings is 1. The summed E-state index contributed by atoms with van der Waals surface area (Å²) in [6.07, 6.45) is 0.0878. The number of rotatable bonds is 7. The lowest BCUT2D eigenvalue weighted by Gasteiger charge is -2.11. The van der Waals surface area contributed by atoms with E-state index in [1.54, 1.807) is 30.3 Å². The van der Waals surface area contributed by atoms with Gasteiger partial charge in [0, 0.05) is 6.54 Å². The minimum absolute atomic E-state index is 0.242. The molecule has 1 aromatic rings. The molecule has 2 N–H and O–H groups in total. The predicted molar refractivity (Wildman–Crippen MR) is 67.7 cm³/mol. The topological polar surface area (TPSA) is 66.4 Å². The van der Waals surface area contributed by atoms with Crippen molar-refractivity contribution in [3.05, 3.63) is 30.3 Å². The standard InChI is InChI=1S/C12H19NO3S/c1-2-8-13-9-11(14)10-17(15,16)12-6-4-3-5-7-12/h3-7,11,13-14H,2,8-10H2,1H3/t11-/m1/s1. The Labute approximate surface area is 103 Å². The summed E-state index contributed by atoms with van der Waals surface area (Å²) in [7, 11) is -3.39. The third kappa shape index (κ3) is 4.85. The van der Waals surface area contributed by atoms with Crippen molar-refractivity contribution >= 4 is 9.84 Å². The highest BCUT2D eigenvalue weighted by atomic mass is 32.2. The van der Waals surface area contributed by atoms with Gasteiger partial charge in [0.15, 0.2) is 9.84 Å². The zero-order valence-corrected chi connectivity index (χ0v) is 10.8. The van der Waals surface area contributed by atoms with E-state index in [2.05, 4.69) is 5.32 Å². The minimum atomic E-state index is -3.39. The van der Waals surface area contributed by atoms with E-state index in [1.807, 2.05) is 6.92 Å². The van der Waals surface area contributed by atoms with Gasteiger partial charge in [-0.3, -0.25) is 0 Å². The van der Waals surface area contributed by atoms with Crippen LogP contribution < -0.4 is 5.32 Å². The third-order valence-corrected chi connectivity index (χ3v) is 4.13. The number of hydrogen-bond donors (Lipinski definition) is 2. The van der Waals surface area contributed by atoms with Crippen molar-refractivity contribution in [2.45, 2.75) is 24.3 Å². The van der Waals surface area contributed by atoms with Crippen molar-refractivity contribution in [3.63, 3.8) is 0 Å². The lowest BCUT2D eigenvalue weighted by Crippen LogP contribution is -2.32. The first kappa shape index (κ1) is 14.2. The molecule has 0 aliphatic rings. The Morgan fingerprint density at radius 2 is 1.94 bits per heavy atom. The first-order chi connectivity index (χ1) is 8.06. The molecule has 0 unspecified atom stereocenters. The lowest BCUT2D eigenvalue weighted by atomic mass is 10.4. The van der Waals surface area contributed by atoms with Crippen LogP contribution in [0.25, 0.3) is 0 Å². The summed E-state index contributed by atoms with van der Waals surface area (Å²) < 4.78 is 23.8. The molecule has 0 amide bonds. The Morgan fingerprint density at radius 1 is 1.29 bits per heavy atom. The summed E-state index contributed by atoms with van der Waals surface area (Å²) in [5.41, 5.74) is 0. The highest BCUT2D eigenvalue weighted by molar-refractivity contribution is 7.91. The van der Waals surface area contributed by atoms with Gasteiger partial charge in [-0.2, -0.15) is 0 Å². The second-order valence-electron chi connectivity index (χ2n) is 3.95. The van der Waals surface area contributed by atoms with Gasteiger partial charge in [0.05, 0.1) is 16.8 Å². The molecule has 0 saturated carbocycles. The fourth-order valence-electron chi connectivity index (χ4n) is 1.48. The van der Waals surface area contributed by atoms with Gasteiger partial charge in [0.2, 0.25) is 0 Å². The first-order valence-corrected chi connectivity index (χ1v) is 7.38. The Kier molecular flexibility index (Phi) is 5.61. The van der Waals surface area contributed by atoms with E-state index in [1.165, 1.54) is 0 Å². The summed E-state index contributed by atoms with van der Waals surface area (Å²) >= 11 is 0. The second-order valence-corrected chi connectivity index (χ2v) is 5.99. The largest absolute Gasteiger partial charge is 0.391 e. The molecule has 1 atom stereocenters. The van der Waals surface area contributed by atoms with E-state index in [4.69, 9.17) is 0 Å². The van der Waals surface area contributed by atoms with E-state index >= 15 is 0 Å². The molecule has 17 heavy (non-hydrogen) atoms. The lowest BCUT2D eigenvalue weighted by molar-refractivity contribution is 0.194. The molecule has 5 heteroatoms. The van der Waals surface area contributed by atoms with Crippen LogP contribution in [0.3, 0.4) is 0 Å². The number of aliphatic hydroxyl groups excluding tert-OH is 1. The highest BCUT2D eigenvalue weighted by Crippen LogP contribution is 2.10. The molecule has 0 radical (unpaired) electrons. The van der Waals surface area contributed by atoms with Gasteiger partial charge in [0.1, 0.15) is 0 Å². The Morgan fingerprint density at radius 3 is 2.53 bits per heavy atom. The fraction of sp³-hybridized carbons (Fsp3) is 0.500. The van der Waals surface area contributed by atoms with Crippen LogP contribution in [0.4, 0.5) is 0 Å². The molecule has 0 saturated heterocycles. The van der Waals surface area contributed by atoms with Gasteiger partial charge in [-0.25, -0.2) is 8.42 Å². The Hall–Kier alpha value is -0.910. The second kappa shape index (κ2) is 6.74. The highest BCUT2D eigenvalue weighted by Gasteiger charge is 2.18. The zero-order chi connectivity index (χ0) is 12.7. The van der Waals surface area contributed by atoms with Crippen molar-refractivity contribution in [2.75, 3.05) is 18.8 Å². The van der Waals surface area contributed by atoms with Gasteiger partial charge in [-0.05, 0) is 25.1 Å². The molecule has 0 fully saturated rings. The van der Waals surface area contributed by atoms with Crippen molar-refractivity contribution in [1.29, 1.82) is 0 Å². The molecule has 0 aliphatic carbocycles. The van der Waals surface area contributed by atoms with E-state index in [9.17, 15) is 13.5 Å². The van der Waals surface area contributed by atoms with Crippen LogP contribution in [-0.4, -0.2) is 38.5 Å². The molecular weight excluding hydrogens is 238 g/mol. The van der Waals surface area contributed by atoms with Crippen LogP contribution in [-0.2, 0) is 9.84 Å². The minimum Gasteiger partial charge on any atom is -0.391 e. The van der Waals surface area contributed by atoms with Crippen molar-refractivity contribution < 1.29 is 13.5 Å². The van der Waals surface area contributed by atoms with Gasteiger partial charge < -0.3 is 10.4 Å². The smallest absolute Gasteiger partial charge is 0.180 e. The van der Waals surface area contributed by atoms with Crippen molar-refractivity contribution in [1.82, 2.24) is 5.32 Å². The number of nitrogens with one attached hydrogen (secondary N) is 1. The quantitative estimate of drug-likeness (QED) is 0.710. The summed E-state index contributed by atoms with van der Waals surface area (Å²) in [5, 5.41) is 12.6. The third-order valence-electron chi connectivity index (χ3n) is 2.32. The fourth-order valence-corrected chi connectivity index (χ4v) is 2.87. The van der Waals surface area contributed by atoms with Crippen LogP contribution in [0.5, 0.6) is 0 Å². The summed E-state index contributed by atoms with van der Waals surface area (Å²) in [5.74, 6) is -0.242. The number of aliphatic hydroxyl groups is 1. The normalized spacial score (nSPS) is 13.5. The maximum absolute atomic E-state index is 11.9. The van der Waals surface area contributed by atoms with Crippen LogP contribution in [0.2, 0.25) is 0 Å². The van der Waals surface area contributed by atoms with Gasteiger partial charge in [0.25, 0.3) is 0 Å². The number of hydrogen-bond acceptors (Lipinski definition) is 4. The van der Waals surface area contributed by atoms with Gasteiger partial charge in [-0.15, -0.1) is 0 Å². The van der Waals surface area contributed by atoms with Crippen LogP contribution in [0.1, 0.15) is 13.3 Å². The molecule has 4 nitrogen and oxygen atoms in total. The number of sulfone groups is 1. The zero-order valence-electron chi connectivity index (χ0n) is 9.96. The molecule has 0 heterocycles. The molecule has 96 valence electrons. The molecule has 0 spiro atoms. The van der Waals surface area contributed by atoms with Crippen molar-refractivity contribution in [3.8, 4) is 0 Å². The van der Waals surface area contributed by atoms with E-state index < -0.39 is 15.9 Å². The van der Waals surface area contributed by atoms with Crippen molar-refractivity contribution in [2.24, 2.45) is 0 Å². The van der Waals surface area contributed by atoms with Crippen LogP contribution in [0, 0.1) is 0 Å². The summed E-state index contributed by atoms with van der Waals surface area (Å²) in [4.78, 5) is 0.259.